The van der Waals surface area contributed by atoms with Gasteiger partial charge in [-0.3, -0.25) is 9.78 Å². The van der Waals surface area contributed by atoms with E-state index in [0.29, 0.717) is 31.2 Å². The lowest BCUT2D eigenvalue weighted by Gasteiger charge is -2.31. The summed E-state index contributed by atoms with van der Waals surface area (Å²) in [6.07, 6.45) is 5.55. The lowest BCUT2D eigenvalue weighted by molar-refractivity contribution is 0.0860. The lowest BCUT2D eigenvalue weighted by Crippen LogP contribution is -2.46. The Morgan fingerprint density at radius 1 is 1.31 bits per heavy atom. The Bertz CT molecular complexity index is 598. The predicted molar refractivity (Wildman–Crippen MR) is 101 cm³/mol. The molecule has 1 aromatic rings. The largest absolute Gasteiger partial charge is 0.450 e. The first-order valence-electron chi connectivity index (χ1n) is 9.41. The van der Waals surface area contributed by atoms with E-state index < -0.39 is 0 Å². The second kappa shape index (κ2) is 9.99. The minimum absolute atomic E-state index is 0.0609. The normalized spacial score (nSPS) is 15.0. The van der Waals surface area contributed by atoms with Crippen LogP contribution in [0.2, 0.25) is 0 Å². The van der Waals surface area contributed by atoms with Gasteiger partial charge in [0.2, 0.25) is 0 Å². The van der Waals surface area contributed by atoms with Crippen LogP contribution in [-0.4, -0.2) is 54.2 Å². The summed E-state index contributed by atoms with van der Waals surface area (Å²) in [6.45, 7) is 8.58. The van der Waals surface area contributed by atoms with Gasteiger partial charge < -0.3 is 20.3 Å². The number of amides is 2. The van der Waals surface area contributed by atoms with Gasteiger partial charge in [-0.25, -0.2) is 4.79 Å². The average Bonchev–Trinajstić information content (AvgIpc) is 2.62. The fourth-order valence-corrected chi connectivity index (χ4v) is 2.86. The second-order valence-electron chi connectivity index (χ2n) is 7.01. The Morgan fingerprint density at radius 3 is 2.69 bits per heavy atom. The first-order chi connectivity index (χ1) is 12.5. The summed E-state index contributed by atoms with van der Waals surface area (Å²) in [5.41, 5.74) is 1.41. The molecule has 0 bridgehead atoms. The maximum Gasteiger partial charge on any atom is 0.409 e. The highest BCUT2D eigenvalue weighted by molar-refractivity contribution is 5.94. The van der Waals surface area contributed by atoms with Crippen LogP contribution in [0.25, 0.3) is 0 Å². The molecule has 2 amide bonds. The Hall–Kier alpha value is -2.31. The van der Waals surface area contributed by atoms with Crippen LogP contribution in [0.15, 0.2) is 18.5 Å². The van der Waals surface area contributed by atoms with E-state index in [1.165, 1.54) is 0 Å². The Kier molecular flexibility index (Phi) is 7.69. The fraction of sp³-hybridized carbons (Fsp3) is 0.632. The van der Waals surface area contributed by atoms with Gasteiger partial charge in [0.25, 0.3) is 5.91 Å². The van der Waals surface area contributed by atoms with E-state index in [1.54, 1.807) is 24.2 Å². The molecule has 144 valence electrons. The first kappa shape index (κ1) is 20.0. The molecule has 0 aliphatic carbocycles. The van der Waals surface area contributed by atoms with E-state index in [-0.39, 0.29) is 18.0 Å². The van der Waals surface area contributed by atoms with Crippen molar-refractivity contribution in [3.63, 3.8) is 0 Å². The van der Waals surface area contributed by atoms with Crippen molar-refractivity contribution in [3.05, 3.63) is 24.0 Å². The van der Waals surface area contributed by atoms with Crippen LogP contribution in [0.4, 0.5) is 10.5 Å². The number of nitrogens with one attached hydrogen (secondary N) is 2. The number of aromatic nitrogens is 1. The van der Waals surface area contributed by atoms with Crippen LogP contribution in [0.3, 0.4) is 0 Å². The molecule has 0 spiro atoms. The maximum atomic E-state index is 12.5. The lowest BCUT2D eigenvalue weighted by atomic mass is 10.0. The first-order valence-corrected chi connectivity index (χ1v) is 9.41. The molecule has 26 heavy (non-hydrogen) atoms. The number of piperidine rings is 1. The van der Waals surface area contributed by atoms with Crippen molar-refractivity contribution in [2.45, 2.75) is 46.1 Å². The van der Waals surface area contributed by atoms with Gasteiger partial charge in [0, 0.05) is 38.1 Å². The SMILES string of the molecule is CCOC(=O)N1CCC(NC(=O)c2cncc(NCCC(C)C)c2)CC1. The predicted octanol–water partition coefficient (Wildman–Crippen LogP) is 2.89. The quantitative estimate of drug-likeness (QED) is 0.779. The molecule has 0 aromatic carbocycles. The van der Waals surface area contributed by atoms with E-state index >= 15 is 0 Å². The number of likely N-dealkylation sites (tertiary alicyclic amines) is 1. The van der Waals surface area contributed by atoms with Crippen LogP contribution in [-0.2, 0) is 4.74 Å². The van der Waals surface area contributed by atoms with Gasteiger partial charge in [-0.2, -0.15) is 0 Å². The van der Waals surface area contributed by atoms with Crippen LogP contribution in [0.5, 0.6) is 0 Å². The van der Waals surface area contributed by atoms with Gasteiger partial charge in [0.05, 0.1) is 17.9 Å². The Morgan fingerprint density at radius 2 is 2.04 bits per heavy atom. The highest BCUT2D eigenvalue weighted by atomic mass is 16.6. The zero-order chi connectivity index (χ0) is 18.9. The summed E-state index contributed by atoms with van der Waals surface area (Å²) < 4.78 is 5.01. The number of rotatable bonds is 7. The summed E-state index contributed by atoms with van der Waals surface area (Å²) in [7, 11) is 0. The number of ether oxygens (including phenoxy) is 1. The van der Waals surface area contributed by atoms with E-state index in [4.69, 9.17) is 4.74 Å². The average molecular weight is 362 g/mol. The summed E-state index contributed by atoms with van der Waals surface area (Å²) in [5.74, 6) is 0.502. The van der Waals surface area contributed by atoms with Crippen molar-refractivity contribution in [1.82, 2.24) is 15.2 Å². The summed E-state index contributed by atoms with van der Waals surface area (Å²) in [6, 6.07) is 1.89. The van der Waals surface area contributed by atoms with Crippen LogP contribution in [0, 0.1) is 5.92 Å². The third kappa shape index (κ3) is 6.20. The van der Waals surface area contributed by atoms with E-state index in [2.05, 4.69) is 29.5 Å². The summed E-state index contributed by atoms with van der Waals surface area (Å²) in [4.78, 5) is 30.0. The molecule has 1 aromatic heterocycles. The number of pyridine rings is 1. The number of carbonyl (C=O) groups is 2. The smallest absolute Gasteiger partial charge is 0.409 e. The van der Waals surface area contributed by atoms with Crippen molar-refractivity contribution in [2.24, 2.45) is 5.92 Å². The van der Waals surface area contributed by atoms with E-state index in [1.807, 2.05) is 6.07 Å². The summed E-state index contributed by atoms with van der Waals surface area (Å²) in [5, 5.41) is 6.35. The third-order valence-electron chi connectivity index (χ3n) is 4.41. The van der Waals surface area contributed by atoms with E-state index in [0.717, 1.165) is 31.5 Å². The molecule has 2 rings (SSSR count). The molecule has 7 nitrogen and oxygen atoms in total. The highest BCUT2D eigenvalue weighted by Gasteiger charge is 2.24. The Labute approximate surface area is 155 Å². The zero-order valence-electron chi connectivity index (χ0n) is 16.0. The van der Waals surface area contributed by atoms with Gasteiger partial charge in [0.1, 0.15) is 0 Å². The van der Waals surface area contributed by atoms with E-state index in [9.17, 15) is 9.59 Å². The molecule has 1 saturated heterocycles. The maximum absolute atomic E-state index is 12.5. The molecule has 7 heteroatoms. The second-order valence-corrected chi connectivity index (χ2v) is 7.01. The van der Waals surface area contributed by atoms with Crippen LogP contribution < -0.4 is 10.6 Å². The van der Waals surface area contributed by atoms with Gasteiger partial charge >= 0.3 is 6.09 Å². The molecule has 0 saturated carbocycles. The van der Waals surface area contributed by atoms with Crippen molar-refractivity contribution >= 4 is 17.7 Å². The Balaban J connectivity index is 1.82. The van der Waals surface area contributed by atoms with Crippen molar-refractivity contribution in [3.8, 4) is 0 Å². The van der Waals surface area contributed by atoms with Crippen LogP contribution >= 0.6 is 0 Å². The molecule has 1 aliphatic heterocycles. The van der Waals surface area contributed by atoms with Crippen molar-refractivity contribution in [2.75, 3.05) is 31.6 Å². The molecular weight excluding hydrogens is 332 g/mol. The van der Waals surface area contributed by atoms with Crippen molar-refractivity contribution in [1.29, 1.82) is 0 Å². The molecular formula is C19H30N4O3. The molecule has 0 atom stereocenters. The number of carbonyl (C=O) groups excluding carboxylic acids is 2. The molecule has 0 radical (unpaired) electrons. The van der Waals surface area contributed by atoms with Gasteiger partial charge in [-0.15, -0.1) is 0 Å². The molecule has 2 N–H and O–H groups in total. The number of anilines is 1. The fourth-order valence-electron chi connectivity index (χ4n) is 2.86. The van der Waals surface area contributed by atoms with Crippen molar-refractivity contribution < 1.29 is 14.3 Å². The molecule has 1 fully saturated rings. The molecule has 0 unspecified atom stereocenters. The standard InChI is InChI=1S/C19H30N4O3/c1-4-26-19(25)23-9-6-16(7-10-23)22-18(24)15-11-17(13-20-12-15)21-8-5-14(2)3/h11-14,16,21H,4-10H2,1-3H3,(H,22,24). The monoisotopic (exact) mass is 362 g/mol. The minimum Gasteiger partial charge on any atom is -0.450 e. The zero-order valence-corrected chi connectivity index (χ0v) is 16.0. The highest BCUT2D eigenvalue weighted by Crippen LogP contribution is 2.14. The topological polar surface area (TPSA) is 83.6 Å². The molecule has 1 aliphatic rings. The number of nitrogens with zero attached hydrogens (tertiary/aromatic N) is 2. The van der Waals surface area contributed by atoms with Gasteiger partial charge in [-0.05, 0) is 38.2 Å². The van der Waals surface area contributed by atoms with Gasteiger partial charge in [-0.1, -0.05) is 13.8 Å². The number of hydrogen-bond donors (Lipinski definition) is 2. The molecule has 2 heterocycles. The van der Waals surface area contributed by atoms with Gasteiger partial charge in [0.15, 0.2) is 0 Å². The van der Waals surface area contributed by atoms with Crippen LogP contribution in [0.1, 0.15) is 50.4 Å². The third-order valence-corrected chi connectivity index (χ3v) is 4.41. The number of hydrogen-bond acceptors (Lipinski definition) is 5. The minimum atomic E-state index is -0.276. The summed E-state index contributed by atoms with van der Waals surface area (Å²) >= 11 is 0.